The molecule has 0 spiro atoms. The number of aryl methyl sites for hydroxylation is 1. The normalized spacial score (nSPS) is 10.1. The number of ketones is 1. The number of amides is 1. The van der Waals surface area contributed by atoms with Crippen molar-refractivity contribution in [3.05, 3.63) is 69.8 Å². The molecule has 6 heteroatoms. The summed E-state index contributed by atoms with van der Waals surface area (Å²) >= 11 is 0. The van der Waals surface area contributed by atoms with Crippen LogP contribution in [-0.4, -0.2) is 16.6 Å². The van der Waals surface area contributed by atoms with Crippen LogP contribution < -0.4 is 5.32 Å². The number of nitrogens with one attached hydrogen (secondary N) is 1. The zero-order chi connectivity index (χ0) is 16.8. The van der Waals surface area contributed by atoms with Gasteiger partial charge in [0.05, 0.1) is 4.92 Å². The Bertz CT molecular complexity index is 739. The Morgan fingerprint density at radius 2 is 1.70 bits per heavy atom. The van der Waals surface area contributed by atoms with E-state index in [1.807, 2.05) is 19.1 Å². The molecule has 0 saturated heterocycles. The molecule has 1 amide bonds. The van der Waals surface area contributed by atoms with Crippen LogP contribution in [0.1, 0.15) is 28.8 Å². The van der Waals surface area contributed by atoms with Gasteiger partial charge in [0.25, 0.3) is 5.69 Å². The molecule has 0 aliphatic carbocycles. The van der Waals surface area contributed by atoms with Gasteiger partial charge in [-0.05, 0) is 13.0 Å². The second-order valence-electron chi connectivity index (χ2n) is 5.11. The topological polar surface area (TPSA) is 89.3 Å². The number of para-hydroxylation sites is 2. The standard InChI is InChI=1S/C17H16N2O4/c1-12-6-8-13(9-7-12)16(20)10-11-17(21)18-14-4-2-3-5-15(14)19(22)23/h2-9H,10-11H2,1H3,(H,18,21). The highest BCUT2D eigenvalue weighted by Gasteiger charge is 2.15. The Kier molecular flexibility index (Phi) is 5.19. The van der Waals surface area contributed by atoms with E-state index in [2.05, 4.69) is 5.32 Å². The second-order valence-corrected chi connectivity index (χ2v) is 5.11. The number of rotatable bonds is 6. The first-order valence-electron chi connectivity index (χ1n) is 7.10. The minimum atomic E-state index is -0.562. The van der Waals surface area contributed by atoms with Crippen molar-refractivity contribution in [2.45, 2.75) is 19.8 Å². The van der Waals surface area contributed by atoms with Gasteiger partial charge < -0.3 is 5.32 Å². The summed E-state index contributed by atoms with van der Waals surface area (Å²) < 4.78 is 0. The third-order valence-corrected chi connectivity index (χ3v) is 3.33. The Balaban J connectivity index is 1.94. The summed E-state index contributed by atoms with van der Waals surface area (Å²) in [5.41, 5.74) is 1.56. The number of hydrogen-bond donors (Lipinski definition) is 1. The smallest absolute Gasteiger partial charge is 0.292 e. The van der Waals surface area contributed by atoms with Crippen molar-refractivity contribution in [3.63, 3.8) is 0 Å². The fourth-order valence-corrected chi connectivity index (χ4v) is 2.06. The van der Waals surface area contributed by atoms with Crippen LogP contribution in [-0.2, 0) is 4.79 Å². The van der Waals surface area contributed by atoms with Crippen LogP contribution in [0.4, 0.5) is 11.4 Å². The van der Waals surface area contributed by atoms with Crippen molar-refractivity contribution in [2.75, 3.05) is 5.32 Å². The molecule has 6 nitrogen and oxygen atoms in total. The zero-order valence-corrected chi connectivity index (χ0v) is 12.6. The summed E-state index contributed by atoms with van der Waals surface area (Å²) in [4.78, 5) is 34.2. The van der Waals surface area contributed by atoms with Crippen LogP contribution in [0.15, 0.2) is 48.5 Å². The van der Waals surface area contributed by atoms with E-state index in [9.17, 15) is 19.7 Å². The Labute approximate surface area is 133 Å². The summed E-state index contributed by atoms with van der Waals surface area (Å²) in [5, 5.41) is 13.4. The molecular weight excluding hydrogens is 296 g/mol. The molecule has 0 saturated carbocycles. The van der Waals surface area contributed by atoms with Crippen LogP contribution in [0.3, 0.4) is 0 Å². The van der Waals surface area contributed by atoms with Gasteiger partial charge in [0, 0.05) is 24.5 Å². The largest absolute Gasteiger partial charge is 0.320 e. The monoisotopic (exact) mass is 312 g/mol. The molecule has 0 unspecified atom stereocenters. The molecule has 1 N–H and O–H groups in total. The number of carbonyl (C=O) groups is 2. The molecule has 2 aromatic rings. The van der Waals surface area contributed by atoms with Gasteiger partial charge >= 0.3 is 0 Å². The van der Waals surface area contributed by atoms with Gasteiger partial charge in [0.2, 0.25) is 5.91 Å². The first kappa shape index (κ1) is 16.4. The molecular formula is C17H16N2O4. The lowest BCUT2D eigenvalue weighted by atomic mass is 10.0. The summed E-state index contributed by atoms with van der Waals surface area (Å²) in [6.07, 6.45) is 0.0221. The lowest BCUT2D eigenvalue weighted by molar-refractivity contribution is -0.383. The van der Waals surface area contributed by atoms with Crippen LogP contribution in [0.25, 0.3) is 0 Å². The van der Waals surface area contributed by atoms with Crippen LogP contribution in [0.5, 0.6) is 0 Å². The van der Waals surface area contributed by atoms with E-state index in [4.69, 9.17) is 0 Å². The zero-order valence-electron chi connectivity index (χ0n) is 12.6. The van der Waals surface area contributed by atoms with E-state index >= 15 is 0 Å². The molecule has 0 fully saturated rings. The lowest BCUT2D eigenvalue weighted by Gasteiger charge is -2.06. The van der Waals surface area contributed by atoms with Gasteiger partial charge in [-0.3, -0.25) is 19.7 Å². The highest BCUT2D eigenvalue weighted by Crippen LogP contribution is 2.23. The molecule has 0 bridgehead atoms. The van der Waals surface area contributed by atoms with Crippen molar-refractivity contribution in [1.29, 1.82) is 0 Å². The molecule has 0 heterocycles. The number of nitrogens with zero attached hydrogens (tertiary/aromatic N) is 1. The van der Waals surface area contributed by atoms with Gasteiger partial charge in [-0.25, -0.2) is 0 Å². The predicted octanol–water partition coefficient (Wildman–Crippen LogP) is 3.50. The molecule has 0 aliphatic rings. The van der Waals surface area contributed by atoms with Crippen molar-refractivity contribution in [2.24, 2.45) is 0 Å². The Morgan fingerprint density at radius 3 is 2.35 bits per heavy atom. The average molecular weight is 312 g/mol. The molecule has 118 valence electrons. The molecule has 0 atom stereocenters. The summed E-state index contributed by atoms with van der Waals surface area (Å²) in [5.74, 6) is -0.567. The van der Waals surface area contributed by atoms with Gasteiger partial charge in [-0.15, -0.1) is 0 Å². The first-order valence-corrected chi connectivity index (χ1v) is 7.10. The number of benzene rings is 2. The third-order valence-electron chi connectivity index (χ3n) is 3.33. The molecule has 23 heavy (non-hydrogen) atoms. The highest BCUT2D eigenvalue weighted by molar-refractivity contribution is 6.00. The van der Waals surface area contributed by atoms with E-state index in [0.29, 0.717) is 5.56 Å². The number of nitro benzene ring substituents is 1. The molecule has 0 aliphatic heterocycles. The molecule has 2 aromatic carbocycles. The number of nitro groups is 1. The van der Waals surface area contributed by atoms with E-state index in [1.165, 1.54) is 18.2 Å². The third kappa shape index (κ3) is 4.47. The van der Waals surface area contributed by atoms with Gasteiger partial charge in [-0.1, -0.05) is 42.0 Å². The minimum Gasteiger partial charge on any atom is -0.320 e. The van der Waals surface area contributed by atoms with Crippen molar-refractivity contribution in [3.8, 4) is 0 Å². The fourth-order valence-electron chi connectivity index (χ4n) is 2.06. The first-order chi connectivity index (χ1) is 11.0. The van der Waals surface area contributed by atoms with Crippen LogP contribution in [0.2, 0.25) is 0 Å². The maximum absolute atomic E-state index is 12.0. The SMILES string of the molecule is Cc1ccc(C(=O)CCC(=O)Nc2ccccc2[N+](=O)[O-])cc1. The van der Waals surface area contributed by atoms with E-state index in [0.717, 1.165) is 5.56 Å². The van der Waals surface area contributed by atoms with Gasteiger partial charge in [0.1, 0.15) is 5.69 Å². The summed E-state index contributed by atoms with van der Waals surface area (Å²) in [7, 11) is 0. The maximum Gasteiger partial charge on any atom is 0.292 e. The number of Topliss-reactive ketones (excluding diaryl/α,β-unsaturated/α-hetero) is 1. The Morgan fingerprint density at radius 1 is 1.04 bits per heavy atom. The van der Waals surface area contributed by atoms with Crippen molar-refractivity contribution < 1.29 is 14.5 Å². The maximum atomic E-state index is 12.0. The predicted molar refractivity (Wildman–Crippen MR) is 86.5 cm³/mol. The number of carbonyl (C=O) groups excluding carboxylic acids is 2. The Hall–Kier alpha value is -3.02. The number of hydrogen-bond acceptors (Lipinski definition) is 4. The van der Waals surface area contributed by atoms with Gasteiger partial charge in [-0.2, -0.15) is 0 Å². The van der Waals surface area contributed by atoms with E-state index < -0.39 is 10.8 Å². The second kappa shape index (κ2) is 7.31. The van der Waals surface area contributed by atoms with E-state index in [1.54, 1.807) is 18.2 Å². The summed E-state index contributed by atoms with van der Waals surface area (Å²) in [6.45, 7) is 1.93. The van der Waals surface area contributed by atoms with Crippen LogP contribution in [0, 0.1) is 17.0 Å². The van der Waals surface area contributed by atoms with Crippen molar-refractivity contribution >= 4 is 23.1 Å². The minimum absolute atomic E-state index is 0.0290. The average Bonchev–Trinajstić information content (AvgIpc) is 2.53. The van der Waals surface area contributed by atoms with Crippen LogP contribution >= 0.6 is 0 Å². The molecule has 2 rings (SSSR count). The summed E-state index contributed by atoms with van der Waals surface area (Å²) in [6, 6.07) is 13.0. The molecule has 0 aromatic heterocycles. The lowest BCUT2D eigenvalue weighted by Crippen LogP contribution is -2.14. The van der Waals surface area contributed by atoms with Gasteiger partial charge in [0.15, 0.2) is 5.78 Å². The highest BCUT2D eigenvalue weighted by atomic mass is 16.6. The molecule has 0 radical (unpaired) electrons. The quantitative estimate of drug-likeness (QED) is 0.502. The van der Waals surface area contributed by atoms with E-state index in [-0.39, 0.29) is 30.0 Å². The van der Waals surface area contributed by atoms with Crippen molar-refractivity contribution in [1.82, 2.24) is 0 Å². The number of anilines is 1. The fraction of sp³-hybridized carbons (Fsp3) is 0.176.